The van der Waals surface area contributed by atoms with Crippen molar-refractivity contribution in [3.05, 3.63) is 53.9 Å². The zero-order chi connectivity index (χ0) is 13.2. The molecule has 0 unspecified atom stereocenters. The van der Waals surface area contributed by atoms with Crippen LogP contribution in [-0.4, -0.2) is 17.5 Å². The van der Waals surface area contributed by atoms with E-state index in [1.165, 1.54) is 5.56 Å². The SMILES string of the molecule is COc1cccc(Cn2ccc(C(=O)C3CC3)c2)c1. The number of methoxy groups -OCH3 is 1. The summed E-state index contributed by atoms with van der Waals surface area (Å²) in [5.41, 5.74) is 2.01. The highest BCUT2D eigenvalue weighted by Gasteiger charge is 2.30. The Kier molecular flexibility index (Phi) is 3.11. The number of rotatable bonds is 5. The number of nitrogens with zero attached hydrogens (tertiary/aromatic N) is 1. The Balaban J connectivity index is 1.73. The molecule has 0 N–H and O–H groups in total. The molecular formula is C16H17NO2. The molecule has 98 valence electrons. The zero-order valence-corrected chi connectivity index (χ0v) is 11.0. The molecule has 0 bridgehead atoms. The summed E-state index contributed by atoms with van der Waals surface area (Å²) in [5, 5.41) is 0. The molecule has 1 aromatic heterocycles. The molecule has 0 saturated heterocycles. The second-order valence-corrected chi connectivity index (χ2v) is 5.06. The Bertz CT molecular complexity index is 596. The summed E-state index contributed by atoms with van der Waals surface area (Å²) >= 11 is 0. The Labute approximate surface area is 112 Å². The van der Waals surface area contributed by atoms with Gasteiger partial charge in [0.2, 0.25) is 0 Å². The molecule has 3 heteroatoms. The Morgan fingerprint density at radius 1 is 1.37 bits per heavy atom. The van der Waals surface area contributed by atoms with Crippen molar-refractivity contribution >= 4 is 5.78 Å². The maximum atomic E-state index is 11.9. The number of hydrogen-bond acceptors (Lipinski definition) is 2. The van der Waals surface area contributed by atoms with E-state index in [2.05, 4.69) is 6.07 Å². The number of carbonyl (C=O) groups excluding carboxylic acids is 1. The Morgan fingerprint density at radius 2 is 2.21 bits per heavy atom. The van der Waals surface area contributed by atoms with Gasteiger partial charge in [0.25, 0.3) is 0 Å². The predicted octanol–water partition coefficient (Wildman–Crippen LogP) is 3.14. The molecule has 1 aromatic carbocycles. The molecule has 0 atom stereocenters. The van der Waals surface area contributed by atoms with Crippen molar-refractivity contribution in [2.45, 2.75) is 19.4 Å². The molecule has 1 saturated carbocycles. The number of carbonyl (C=O) groups is 1. The Hall–Kier alpha value is -2.03. The van der Waals surface area contributed by atoms with Gasteiger partial charge in [-0.25, -0.2) is 0 Å². The molecule has 2 aromatic rings. The molecule has 0 radical (unpaired) electrons. The molecule has 1 aliphatic carbocycles. The average molecular weight is 255 g/mol. The lowest BCUT2D eigenvalue weighted by Crippen LogP contribution is -2.01. The van der Waals surface area contributed by atoms with E-state index in [4.69, 9.17) is 4.74 Å². The summed E-state index contributed by atoms with van der Waals surface area (Å²) in [7, 11) is 1.67. The zero-order valence-electron chi connectivity index (χ0n) is 11.0. The first-order chi connectivity index (χ1) is 9.26. The van der Waals surface area contributed by atoms with Crippen LogP contribution < -0.4 is 4.74 Å². The van der Waals surface area contributed by atoms with Gasteiger partial charge in [-0.3, -0.25) is 4.79 Å². The molecule has 1 heterocycles. The third kappa shape index (κ3) is 2.70. The lowest BCUT2D eigenvalue weighted by molar-refractivity contribution is 0.0967. The highest BCUT2D eigenvalue weighted by Crippen LogP contribution is 2.32. The first kappa shape index (κ1) is 12.0. The van der Waals surface area contributed by atoms with Crippen LogP contribution in [0.25, 0.3) is 0 Å². The van der Waals surface area contributed by atoms with E-state index < -0.39 is 0 Å². The van der Waals surface area contributed by atoms with E-state index >= 15 is 0 Å². The minimum atomic E-state index is 0.285. The summed E-state index contributed by atoms with van der Waals surface area (Å²) in [6.07, 6.45) is 6.02. The van der Waals surface area contributed by atoms with Crippen molar-refractivity contribution in [1.82, 2.24) is 4.57 Å². The maximum absolute atomic E-state index is 11.9. The van der Waals surface area contributed by atoms with Crippen LogP contribution in [0.5, 0.6) is 5.75 Å². The van der Waals surface area contributed by atoms with Crippen molar-refractivity contribution in [2.75, 3.05) is 7.11 Å². The van der Waals surface area contributed by atoms with E-state index in [9.17, 15) is 4.79 Å². The van der Waals surface area contributed by atoms with Gasteiger partial charge in [-0.15, -0.1) is 0 Å². The van der Waals surface area contributed by atoms with Crippen LogP contribution in [0, 0.1) is 5.92 Å². The molecule has 19 heavy (non-hydrogen) atoms. The lowest BCUT2D eigenvalue weighted by Gasteiger charge is -2.05. The third-order valence-corrected chi connectivity index (χ3v) is 3.48. The normalized spacial score (nSPS) is 14.4. The summed E-state index contributed by atoms with van der Waals surface area (Å²) in [4.78, 5) is 11.9. The molecule has 1 aliphatic rings. The summed E-state index contributed by atoms with van der Waals surface area (Å²) in [6, 6.07) is 9.91. The molecular weight excluding hydrogens is 238 g/mol. The number of ether oxygens (including phenoxy) is 1. The van der Waals surface area contributed by atoms with Gasteiger partial charge in [0.15, 0.2) is 5.78 Å². The first-order valence-electron chi connectivity index (χ1n) is 6.59. The van der Waals surface area contributed by atoms with Crippen LogP contribution >= 0.6 is 0 Å². The van der Waals surface area contributed by atoms with E-state index in [-0.39, 0.29) is 5.92 Å². The highest BCUT2D eigenvalue weighted by molar-refractivity contribution is 5.99. The van der Waals surface area contributed by atoms with Crippen molar-refractivity contribution in [3.8, 4) is 5.75 Å². The van der Waals surface area contributed by atoms with Gasteiger partial charge in [0, 0.05) is 30.4 Å². The smallest absolute Gasteiger partial charge is 0.167 e. The molecule has 3 nitrogen and oxygen atoms in total. The monoisotopic (exact) mass is 255 g/mol. The third-order valence-electron chi connectivity index (χ3n) is 3.48. The van der Waals surface area contributed by atoms with Crippen LogP contribution in [0.15, 0.2) is 42.7 Å². The fraction of sp³-hybridized carbons (Fsp3) is 0.312. The number of ketones is 1. The van der Waals surface area contributed by atoms with Gasteiger partial charge >= 0.3 is 0 Å². The molecule has 0 spiro atoms. The van der Waals surface area contributed by atoms with Crippen LogP contribution in [0.2, 0.25) is 0 Å². The van der Waals surface area contributed by atoms with Crippen LogP contribution in [0.1, 0.15) is 28.8 Å². The summed E-state index contributed by atoms with van der Waals surface area (Å²) < 4.78 is 7.26. The topological polar surface area (TPSA) is 31.2 Å². The summed E-state index contributed by atoms with van der Waals surface area (Å²) in [6.45, 7) is 0.759. The molecule has 1 fully saturated rings. The molecule has 3 rings (SSSR count). The predicted molar refractivity (Wildman–Crippen MR) is 73.6 cm³/mol. The number of Topliss-reactive ketones (excluding diaryl/α,β-unsaturated/α-hetero) is 1. The van der Waals surface area contributed by atoms with E-state index in [0.717, 1.165) is 30.7 Å². The van der Waals surface area contributed by atoms with Crippen LogP contribution in [0.4, 0.5) is 0 Å². The minimum Gasteiger partial charge on any atom is -0.497 e. The molecule has 0 aliphatic heterocycles. The number of benzene rings is 1. The fourth-order valence-electron chi connectivity index (χ4n) is 2.25. The average Bonchev–Trinajstić information content (AvgIpc) is 3.19. The van der Waals surface area contributed by atoms with Crippen molar-refractivity contribution in [1.29, 1.82) is 0 Å². The van der Waals surface area contributed by atoms with E-state index in [1.807, 2.05) is 41.2 Å². The summed E-state index contributed by atoms with van der Waals surface area (Å²) in [5.74, 6) is 1.44. The molecule has 0 amide bonds. The van der Waals surface area contributed by atoms with Gasteiger partial charge in [0.05, 0.1) is 7.11 Å². The number of hydrogen-bond donors (Lipinski definition) is 0. The fourth-order valence-corrected chi connectivity index (χ4v) is 2.25. The van der Waals surface area contributed by atoms with Gasteiger partial charge < -0.3 is 9.30 Å². The minimum absolute atomic E-state index is 0.285. The van der Waals surface area contributed by atoms with Crippen molar-refractivity contribution in [3.63, 3.8) is 0 Å². The van der Waals surface area contributed by atoms with Gasteiger partial charge in [-0.2, -0.15) is 0 Å². The van der Waals surface area contributed by atoms with E-state index in [1.54, 1.807) is 7.11 Å². The van der Waals surface area contributed by atoms with Gasteiger partial charge in [0.1, 0.15) is 5.75 Å². The van der Waals surface area contributed by atoms with Crippen LogP contribution in [0.3, 0.4) is 0 Å². The first-order valence-corrected chi connectivity index (χ1v) is 6.59. The standard InChI is InChI=1S/C16H17NO2/c1-19-15-4-2-3-12(9-15)10-17-8-7-14(11-17)16(18)13-5-6-13/h2-4,7-9,11,13H,5-6,10H2,1H3. The van der Waals surface area contributed by atoms with Crippen molar-refractivity contribution in [2.24, 2.45) is 5.92 Å². The van der Waals surface area contributed by atoms with Crippen LogP contribution in [-0.2, 0) is 6.54 Å². The van der Waals surface area contributed by atoms with Gasteiger partial charge in [-0.05, 0) is 36.6 Å². The second-order valence-electron chi connectivity index (χ2n) is 5.06. The Morgan fingerprint density at radius 3 is 2.95 bits per heavy atom. The van der Waals surface area contributed by atoms with Gasteiger partial charge in [-0.1, -0.05) is 12.1 Å². The number of aromatic nitrogens is 1. The second kappa shape index (κ2) is 4.92. The largest absolute Gasteiger partial charge is 0.497 e. The van der Waals surface area contributed by atoms with E-state index in [0.29, 0.717) is 5.78 Å². The van der Waals surface area contributed by atoms with Crippen molar-refractivity contribution < 1.29 is 9.53 Å². The quantitative estimate of drug-likeness (QED) is 0.769. The highest BCUT2D eigenvalue weighted by atomic mass is 16.5. The maximum Gasteiger partial charge on any atom is 0.167 e. The lowest BCUT2D eigenvalue weighted by atomic mass is 10.1.